The molecule has 0 fully saturated rings. The van der Waals surface area contributed by atoms with E-state index in [1.807, 2.05) is 58.2 Å². The number of hydrogen-bond acceptors (Lipinski definition) is 3. The van der Waals surface area contributed by atoms with Gasteiger partial charge in [-0.2, -0.15) is 0 Å². The highest BCUT2D eigenvalue weighted by Crippen LogP contribution is 2.37. The number of nitrogens with one attached hydrogen (secondary N) is 3. The number of fused-ring (bicyclic) bond motifs is 1. The van der Waals surface area contributed by atoms with Crippen LogP contribution in [0, 0.1) is 13.8 Å². The number of aromatic amines is 1. The summed E-state index contributed by atoms with van der Waals surface area (Å²) in [4.78, 5) is 30.4. The minimum absolute atomic E-state index is 0.0359. The molecule has 1 atom stereocenters. The van der Waals surface area contributed by atoms with Crippen LogP contribution in [0.2, 0.25) is 0 Å². The summed E-state index contributed by atoms with van der Waals surface area (Å²) in [6, 6.07) is 9.00. The number of urea groups is 1. The monoisotopic (exact) mass is 366 g/mol. The number of hydrogen-bond donors (Lipinski definition) is 3. The first-order chi connectivity index (χ1) is 12.9. The second kappa shape index (κ2) is 7.80. The first-order valence-corrected chi connectivity index (χ1v) is 9.19. The van der Waals surface area contributed by atoms with Gasteiger partial charge < -0.3 is 15.6 Å². The zero-order valence-corrected chi connectivity index (χ0v) is 16.2. The lowest BCUT2D eigenvalue weighted by molar-refractivity contribution is -0.112. The van der Waals surface area contributed by atoms with E-state index in [2.05, 4.69) is 15.6 Å². The Kier molecular flexibility index (Phi) is 5.46. The van der Waals surface area contributed by atoms with Gasteiger partial charge in [0, 0.05) is 23.0 Å². The first kappa shape index (κ1) is 18.9. The van der Waals surface area contributed by atoms with E-state index in [0.29, 0.717) is 11.3 Å². The SMILES string of the molecule is CNCCC(C)NC(=O)N1C(=O)/C(=C\c2[nH]c(C)cc2C)c2ccccc21. The standard InChI is InChI=1S/C21H26N4O2/c1-13-11-15(3)23-18(13)12-17-16-7-5-6-8-19(16)25(20(17)26)21(27)24-14(2)9-10-22-4/h5-8,11-12,14,22-23H,9-10H2,1-4H3,(H,24,27)/b17-12-. The Morgan fingerprint density at radius 3 is 2.70 bits per heavy atom. The smallest absolute Gasteiger partial charge is 0.329 e. The number of para-hydroxylation sites is 1. The molecule has 0 radical (unpaired) electrons. The van der Waals surface area contributed by atoms with Crippen LogP contribution in [0.4, 0.5) is 10.5 Å². The molecule has 2 heterocycles. The van der Waals surface area contributed by atoms with E-state index in [1.165, 1.54) is 4.90 Å². The zero-order chi connectivity index (χ0) is 19.6. The fourth-order valence-electron chi connectivity index (χ4n) is 3.33. The molecule has 0 spiro atoms. The van der Waals surface area contributed by atoms with Gasteiger partial charge in [-0.1, -0.05) is 18.2 Å². The number of carbonyl (C=O) groups excluding carboxylic acids is 2. The van der Waals surface area contributed by atoms with Gasteiger partial charge in [-0.15, -0.1) is 0 Å². The molecule has 1 unspecified atom stereocenters. The van der Waals surface area contributed by atoms with Crippen LogP contribution < -0.4 is 15.5 Å². The van der Waals surface area contributed by atoms with Crippen LogP contribution in [0.3, 0.4) is 0 Å². The van der Waals surface area contributed by atoms with Crippen LogP contribution in [0.25, 0.3) is 11.6 Å². The summed E-state index contributed by atoms with van der Waals surface area (Å²) >= 11 is 0. The highest BCUT2D eigenvalue weighted by atomic mass is 16.2. The molecule has 1 aliphatic heterocycles. The van der Waals surface area contributed by atoms with Crippen molar-refractivity contribution in [3.8, 4) is 0 Å². The molecule has 1 aromatic carbocycles. The number of aromatic nitrogens is 1. The summed E-state index contributed by atoms with van der Waals surface area (Å²) in [6.45, 7) is 6.70. The second-order valence-electron chi connectivity index (χ2n) is 7.01. The summed E-state index contributed by atoms with van der Waals surface area (Å²) in [5.41, 5.74) is 4.89. The van der Waals surface area contributed by atoms with Gasteiger partial charge in [0.2, 0.25) is 0 Å². The first-order valence-electron chi connectivity index (χ1n) is 9.19. The molecule has 3 rings (SSSR count). The Hall–Kier alpha value is -2.86. The summed E-state index contributed by atoms with van der Waals surface area (Å²) in [5.74, 6) is -0.304. The molecule has 27 heavy (non-hydrogen) atoms. The van der Waals surface area contributed by atoms with Crippen molar-refractivity contribution in [3.63, 3.8) is 0 Å². The Balaban J connectivity index is 1.93. The van der Waals surface area contributed by atoms with Gasteiger partial charge >= 0.3 is 6.03 Å². The molecule has 6 nitrogen and oxygen atoms in total. The van der Waals surface area contributed by atoms with Crippen LogP contribution in [0.15, 0.2) is 30.3 Å². The minimum atomic E-state index is -0.390. The lowest BCUT2D eigenvalue weighted by Gasteiger charge is -2.20. The number of carbonyl (C=O) groups is 2. The van der Waals surface area contributed by atoms with Gasteiger partial charge in [-0.3, -0.25) is 4.79 Å². The molecule has 0 aliphatic carbocycles. The molecule has 3 N–H and O–H groups in total. The van der Waals surface area contributed by atoms with Gasteiger partial charge in [-0.25, -0.2) is 9.69 Å². The summed E-state index contributed by atoms with van der Waals surface area (Å²) < 4.78 is 0. The van der Waals surface area contributed by atoms with Gasteiger partial charge in [0.1, 0.15) is 0 Å². The van der Waals surface area contributed by atoms with Crippen molar-refractivity contribution in [1.82, 2.24) is 15.6 Å². The number of nitrogens with zero attached hydrogens (tertiary/aromatic N) is 1. The van der Waals surface area contributed by atoms with Gasteiger partial charge in [0.25, 0.3) is 5.91 Å². The maximum atomic E-state index is 13.1. The molecule has 0 saturated carbocycles. The van der Waals surface area contributed by atoms with Crippen LogP contribution in [-0.4, -0.2) is 36.6 Å². The van der Waals surface area contributed by atoms with E-state index in [9.17, 15) is 9.59 Å². The molecule has 6 heteroatoms. The Bertz CT molecular complexity index is 897. The number of amides is 3. The highest BCUT2D eigenvalue weighted by molar-refractivity contribution is 6.42. The third kappa shape index (κ3) is 3.80. The summed E-state index contributed by atoms with van der Waals surface area (Å²) in [6.07, 6.45) is 2.62. The molecule has 3 amide bonds. The zero-order valence-electron chi connectivity index (χ0n) is 16.2. The molecular formula is C21H26N4O2. The van der Waals surface area contributed by atoms with Crippen molar-refractivity contribution in [3.05, 3.63) is 52.8 Å². The predicted molar refractivity (Wildman–Crippen MR) is 109 cm³/mol. The quantitative estimate of drug-likeness (QED) is 0.711. The molecule has 1 aliphatic rings. The average Bonchev–Trinajstić information content (AvgIpc) is 3.09. The van der Waals surface area contributed by atoms with Gasteiger partial charge in [0.15, 0.2) is 0 Å². The van der Waals surface area contributed by atoms with Crippen molar-refractivity contribution < 1.29 is 9.59 Å². The van der Waals surface area contributed by atoms with Gasteiger partial charge in [-0.05, 0) is 64.6 Å². The van der Waals surface area contributed by atoms with E-state index in [-0.39, 0.29) is 18.0 Å². The Morgan fingerprint density at radius 2 is 2.04 bits per heavy atom. The minimum Gasteiger partial charge on any atom is -0.359 e. The maximum Gasteiger partial charge on any atom is 0.329 e. The average molecular weight is 366 g/mol. The van der Waals surface area contributed by atoms with Gasteiger partial charge in [0.05, 0.1) is 11.3 Å². The molecule has 0 bridgehead atoms. The van der Waals surface area contributed by atoms with Crippen LogP contribution >= 0.6 is 0 Å². The predicted octanol–water partition coefficient (Wildman–Crippen LogP) is 3.23. The maximum absolute atomic E-state index is 13.1. The van der Waals surface area contributed by atoms with Crippen molar-refractivity contribution >= 4 is 29.3 Å². The second-order valence-corrected chi connectivity index (χ2v) is 7.01. The van der Waals surface area contributed by atoms with Crippen molar-refractivity contribution in [2.24, 2.45) is 0 Å². The number of benzene rings is 1. The third-order valence-electron chi connectivity index (χ3n) is 4.75. The van der Waals surface area contributed by atoms with Crippen LogP contribution in [0.1, 0.15) is 35.9 Å². The Morgan fingerprint density at radius 1 is 1.30 bits per heavy atom. The molecular weight excluding hydrogens is 340 g/mol. The van der Waals surface area contributed by atoms with E-state index in [0.717, 1.165) is 35.5 Å². The number of imide groups is 1. The van der Waals surface area contributed by atoms with E-state index < -0.39 is 0 Å². The fourth-order valence-corrected chi connectivity index (χ4v) is 3.33. The highest BCUT2D eigenvalue weighted by Gasteiger charge is 2.36. The molecule has 0 saturated heterocycles. The normalized spacial score (nSPS) is 15.9. The lowest BCUT2D eigenvalue weighted by Crippen LogP contribution is -2.46. The number of H-pyrrole nitrogens is 1. The number of anilines is 1. The molecule has 142 valence electrons. The Labute approximate surface area is 159 Å². The third-order valence-corrected chi connectivity index (χ3v) is 4.75. The molecule has 1 aromatic heterocycles. The number of aryl methyl sites for hydroxylation is 2. The van der Waals surface area contributed by atoms with Crippen molar-refractivity contribution in [2.45, 2.75) is 33.2 Å². The van der Waals surface area contributed by atoms with Crippen molar-refractivity contribution in [1.29, 1.82) is 0 Å². The van der Waals surface area contributed by atoms with E-state index >= 15 is 0 Å². The van der Waals surface area contributed by atoms with E-state index in [1.54, 1.807) is 6.07 Å². The largest absolute Gasteiger partial charge is 0.359 e. The van der Waals surface area contributed by atoms with E-state index in [4.69, 9.17) is 0 Å². The topological polar surface area (TPSA) is 77.2 Å². The van der Waals surface area contributed by atoms with Crippen molar-refractivity contribution in [2.75, 3.05) is 18.5 Å². The van der Waals surface area contributed by atoms with Crippen LogP contribution in [0.5, 0.6) is 0 Å². The lowest BCUT2D eigenvalue weighted by atomic mass is 10.1. The number of rotatable bonds is 5. The summed E-state index contributed by atoms with van der Waals surface area (Å²) in [5, 5.41) is 5.98. The van der Waals surface area contributed by atoms with Crippen LogP contribution in [-0.2, 0) is 4.79 Å². The summed E-state index contributed by atoms with van der Waals surface area (Å²) in [7, 11) is 1.87. The fraction of sp³-hybridized carbons (Fsp3) is 0.333. The molecule has 2 aromatic rings.